The third-order valence-electron chi connectivity index (χ3n) is 3.78. The molecule has 1 atom stereocenters. The monoisotopic (exact) mass is 202 g/mol. The Bertz CT molecular complexity index is 366. The van der Waals surface area contributed by atoms with Gasteiger partial charge < -0.3 is 5.11 Å². The smallest absolute Gasteiger partial charge is 0.0818 e. The lowest BCUT2D eigenvalue weighted by atomic mass is 9.89. The normalized spacial score (nSPS) is 22.2. The third-order valence-corrected chi connectivity index (χ3v) is 3.78. The molecule has 0 saturated heterocycles. The van der Waals surface area contributed by atoms with Crippen molar-refractivity contribution < 1.29 is 5.11 Å². The fourth-order valence-electron chi connectivity index (χ4n) is 2.62. The van der Waals surface area contributed by atoms with Crippen LogP contribution in [0.2, 0.25) is 0 Å². The SMILES string of the molecule is OC(c1ccc2c(c1)CCCC2)C1CC1. The second kappa shape index (κ2) is 3.64. The Morgan fingerprint density at radius 1 is 1.07 bits per heavy atom. The molecule has 1 aromatic rings. The molecule has 1 aromatic carbocycles. The summed E-state index contributed by atoms with van der Waals surface area (Å²) in [5.41, 5.74) is 4.14. The van der Waals surface area contributed by atoms with E-state index >= 15 is 0 Å². The van der Waals surface area contributed by atoms with E-state index in [2.05, 4.69) is 18.2 Å². The van der Waals surface area contributed by atoms with E-state index in [0.717, 1.165) is 5.56 Å². The summed E-state index contributed by atoms with van der Waals surface area (Å²) in [5.74, 6) is 0.548. The number of rotatable bonds is 2. The van der Waals surface area contributed by atoms with Crippen molar-refractivity contribution in [3.63, 3.8) is 0 Å². The number of benzene rings is 1. The van der Waals surface area contributed by atoms with Gasteiger partial charge in [-0.1, -0.05) is 18.2 Å². The van der Waals surface area contributed by atoms with Crippen LogP contribution in [0.3, 0.4) is 0 Å². The second-order valence-corrected chi connectivity index (χ2v) is 5.02. The summed E-state index contributed by atoms with van der Waals surface area (Å²) in [6.45, 7) is 0. The summed E-state index contributed by atoms with van der Waals surface area (Å²) in [6, 6.07) is 6.61. The van der Waals surface area contributed by atoms with Crippen LogP contribution in [0, 0.1) is 5.92 Å². The molecule has 0 bridgehead atoms. The first-order valence-corrected chi connectivity index (χ1v) is 6.14. The van der Waals surface area contributed by atoms with Crippen LogP contribution in [0.1, 0.15) is 48.5 Å². The van der Waals surface area contributed by atoms with Crippen LogP contribution in [-0.2, 0) is 12.8 Å². The molecule has 0 heterocycles. The number of hydrogen-bond acceptors (Lipinski definition) is 1. The number of aliphatic hydroxyl groups excluding tert-OH is 1. The highest BCUT2D eigenvalue weighted by atomic mass is 16.3. The quantitative estimate of drug-likeness (QED) is 0.781. The van der Waals surface area contributed by atoms with Crippen molar-refractivity contribution in [1.82, 2.24) is 0 Å². The molecule has 80 valence electrons. The summed E-state index contributed by atoms with van der Waals surface area (Å²) in [7, 11) is 0. The molecule has 15 heavy (non-hydrogen) atoms. The summed E-state index contributed by atoms with van der Waals surface area (Å²) in [4.78, 5) is 0. The van der Waals surface area contributed by atoms with Gasteiger partial charge in [0.15, 0.2) is 0 Å². The Morgan fingerprint density at radius 2 is 1.80 bits per heavy atom. The Morgan fingerprint density at radius 3 is 2.53 bits per heavy atom. The number of aliphatic hydroxyl groups is 1. The van der Waals surface area contributed by atoms with Gasteiger partial charge in [-0.25, -0.2) is 0 Å². The zero-order chi connectivity index (χ0) is 10.3. The molecule has 0 aromatic heterocycles. The summed E-state index contributed by atoms with van der Waals surface area (Å²) in [6.07, 6.45) is 7.30. The maximum absolute atomic E-state index is 10.1. The minimum absolute atomic E-state index is 0.197. The molecular formula is C14H18O. The van der Waals surface area contributed by atoms with Gasteiger partial charge in [0.25, 0.3) is 0 Å². The van der Waals surface area contributed by atoms with E-state index in [1.165, 1.54) is 49.7 Å². The molecular weight excluding hydrogens is 184 g/mol. The molecule has 1 saturated carbocycles. The predicted octanol–water partition coefficient (Wildman–Crippen LogP) is 3.01. The van der Waals surface area contributed by atoms with E-state index in [1.807, 2.05) is 0 Å². The van der Waals surface area contributed by atoms with Crippen molar-refractivity contribution in [2.24, 2.45) is 5.92 Å². The van der Waals surface area contributed by atoms with Crippen molar-refractivity contribution in [2.75, 3.05) is 0 Å². The minimum Gasteiger partial charge on any atom is -0.388 e. The van der Waals surface area contributed by atoms with Gasteiger partial charge in [-0.15, -0.1) is 0 Å². The van der Waals surface area contributed by atoms with E-state index in [0.29, 0.717) is 5.92 Å². The van der Waals surface area contributed by atoms with Gasteiger partial charge in [0.1, 0.15) is 0 Å². The largest absolute Gasteiger partial charge is 0.388 e. The van der Waals surface area contributed by atoms with Crippen LogP contribution in [0.15, 0.2) is 18.2 Å². The van der Waals surface area contributed by atoms with Crippen LogP contribution in [0.4, 0.5) is 0 Å². The van der Waals surface area contributed by atoms with Crippen molar-refractivity contribution in [2.45, 2.75) is 44.6 Å². The summed E-state index contributed by atoms with van der Waals surface area (Å²) >= 11 is 0. The summed E-state index contributed by atoms with van der Waals surface area (Å²) < 4.78 is 0. The molecule has 0 aliphatic heterocycles. The van der Waals surface area contributed by atoms with E-state index in [4.69, 9.17) is 0 Å². The van der Waals surface area contributed by atoms with Gasteiger partial charge in [0.05, 0.1) is 6.10 Å². The van der Waals surface area contributed by atoms with E-state index in [-0.39, 0.29) is 6.10 Å². The second-order valence-electron chi connectivity index (χ2n) is 5.02. The molecule has 2 aliphatic rings. The number of hydrogen-bond donors (Lipinski definition) is 1. The van der Waals surface area contributed by atoms with E-state index in [1.54, 1.807) is 0 Å². The third kappa shape index (κ3) is 1.81. The van der Waals surface area contributed by atoms with Crippen LogP contribution in [0.5, 0.6) is 0 Å². The lowest BCUT2D eigenvalue weighted by Gasteiger charge is -2.18. The minimum atomic E-state index is -0.197. The Labute approximate surface area is 91.1 Å². The molecule has 0 radical (unpaired) electrons. The lowest BCUT2D eigenvalue weighted by molar-refractivity contribution is 0.153. The fourth-order valence-corrected chi connectivity index (χ4v) is 2.62. The molecule has 1 heteroatoms. The highest BCUT2D eigenvalue weighted by molar-refractivity contribution is 5.35. The standard InChI is InChI=1S/C14H18O/c15-14(11-6-7-11)13-8-5-10-3-1-2-4-12(10)9-13/h5,8-9,11,14-15H,1-4,6-7H2. The molecule has 1 N–H and O–H groups in total. The van der Waals surface area contributed by atoms with Gasteiger partial charge in [-0.2, -0.15) is 0 Å². The van der Waals surface area contributed by atoms with Gasteiger partial charge >= 0.3 is 0 Å². The zero-order valence-electron chi connectivity index (χ0n) is 9.08. The van der Waals surface area contributed by atoms with Gasteiger partial charge in [0, 0.05) is 0 Å². The van der Waals surface area contributed by atoms with Crippen LogP contribution < -0.4 is 0 Å². The van der Waals surface area contributed by atoms with Crippen molar-refractivity contribution in [3.05, 3.63) is 34.9 Å². The molecule has 3 rings (SSSR count). The van der Waals surface area contributed by atoms with Crippen LogP contribution in [-0.4, -0.2) is 5.11 Å². The lowest BCUT2D eigenvalue weighted by Crippen LogP contribution is -2.06. The molecule has 2 aliphatic carbocycles. The molecule has 0 amide bonds. The highest BCUT2D eigenvalue weighted by Gasteiger charge is 2.31. The average Bonchev–Trinajstić information content (AvgIpc) is 3.11. The first kappa shape index (κ1) is 9.41. The van der Waals surface area contributed by atoms with E-state index in [9.17, 15) is 5.11 Å². The number of fused-ring (bicyclic) bond motifs is 1. The van der Waals surface area contributed by atoms with Gasteiger partial charge in [-0.3, -0.25) is 0 Å². The van der Waals surface area contributed by atoms with Gasteiger partial charge in [0.2, 0.25) is 0 Å². The Hall–Kier alpha value is -0.820. The Kier molecular flexibility index (Phi) is 2.28. The van der Waals surface area contributed by atoms with Crippen LogP contribution >= 0.6 is 0 Å². The van der Waals surface area contributed by atoms with Crippen molar-refractivity contribution >= 4 is 0 Å². The highest BCUT2D eigenvalue weighted by Crippen LogP contribution is 2.41. The summed E-state index contributed by atoms with van der Waals surface area (Å²) in [5, 5.41) is 10.1. The van der Waals surface area contributed by atoms with Crippen molar-refractivity contribution in [3.8, 4) is 0 Å². The predicted molar refractivity (Wildman–Crippen MR) is 60.8 cm³/mol. The first-order valence-electron chi connectivity index (χ1n) is 6.14. The zero-order valence-corrected chi connectivity index (χ0v) is 9.08. The fraction of sp³-hybridized carbons (Fsp3) is 0.571. The topological polar surface area (TPSA) is 20.2 Å². The first-order chi connectivity index (χ1) is 7.34. The maximum Gasteiger partial charge on any atom is 0.0818 e. The molecule has 1 nitrogen and oxygen atoms in total. The Balaban J connectivity index is 1.89. The van der Waals surface area contributed by atoms with E-state index < -0.39 is 0 Å². The molecule has 1 unspecified atom stereocenters. The maximum atomic E-state index is 10.1. The average molecular weight is 202 g/mol. The van der Waals surface area contributed by atoms with Gasteiger partial charge in [-0.05, 0) is 61.1 Å². The molecule has 1 fully saturated rings. The van der Waals surface area contributed by atoms with Crippen molar-refractivity contribution in [1.29, 1.82) is 0 Å². The molecule has 0 spiro atoms. The number of aryl methyl sites for hydroxylation is 2. The van der Waals surface area contributed by atoms with Crippen LogP contribution in [0.25, 0.3) is 0 Å².